The predicted octanol–water partition coefficient (Wildman–Crippen LogP) is 3.53. The van der Waals surface area contributed by atoms with Crippen LogP contribution in [-0.2, 0) is 6.61 Å². The molecule has 0 aliphatic heterocycles. The number of aliphatic hydroxyl groups excluding tert-OH is 1. The Kier molecular flexibility index (Phi) is 4.83. The Bertz CT molecular complexity index is 880. The summed E-state index contributed by atoms with van der Waals surface area (Å²) in [7, 11) is 0. The Hall–Kier alpha value is -2.66. The van der Waals surface area contributed by atoms with E-state index >= 15 is 0 Å². The van der Waals surface area contributed by atoms with E-state index in [1.807, 2.05) is 27.7 Å². The number of hydrogen-bond acceptors (Lipinski definition) is 5. The normalized spacial score (nSPS) is 13.0. The number of fused-ring (bicyclic) bond motifs is 2. The molecule has 0 unspecified atom stereocenters. The van der Waals surface area contributed by atoms with Crippen molar-refractivity contribution in [3.05, 3.63) is 58.1 Å². The van der Waals surface area contributed by atoms with Crippen molar-refractivity contribution in [2.75, 3.05) is 0 Å². The third kappa shape index (κ3) is 3.10. The maximum atomic E-state index is 13.3. The van der Waals surface area contributed by atoms with Crippen LogP contribution in [0, 0.1) is 0 Å². The molecule has 0 saturated heterocycles. The van der Waals surface area contributed by atoms with Crippen LogP contribution in [0.3, 0.4) is 0 Å². The van der Waals surface area contributed by atoms with Crippen molar-refractivity contribution in [2.45, 2.75) is 46.5 Å². The average Bonchev–Trinajstić information content (AvgIpc) is 2.57. The van der Waals surface area contributed by atoms with E-state index in [4.69, 9.17) is 9.47 Å². The van der Waals surface area contributed by atoms with Crippen molar-refractivity contribution in [2.24, 2.45) is 0 Å². The summed E-state index contributed by atoms with van der Waals surface area (Å²) in [4.78, 5) is 26.3. The third-order valence-corrected chi connectivity index (χ3v) is 4.04. The van der Waals surface area contributed by atoms with Gasteiger partial charge in [0.2, 0.25) is 5.78 Å². The first-order valence-corrected chi connectivity index (χ1v) is 8.67. The van der Waals surface area contributed by atoms with Gasteiger partial charge in [-0.15, -0.1) is 0 Å². The van der Waals surface area contributed by atoms with Gasteiger partial charge in [0.1, 0.15) is 11.5 Å². The SMILES string of the molecule is CC(C)Oc1cccc2c1C(=O)c1c(OC(C)C)cc(CO)cc1C2=O. The number of benzene rings is 2. The Balaban J connectivity index is 2.25. The minimum absolute atomic E-state index is 0.131. The van der Waals surface area contributed by atoms with Gasteiger partial charge in [0.05, 0.1) is 29.9 Å². The molecule has 2 aromatic rings. The Labute approximate surface area is 152 Å². The number of aliphatic hydroxyl groups is 1. The van der Waals surface area contributed by atoms with Gasteiger partial charge in [0.15, 0.2) is 5.78 Å². The van der Waals surface area contributed by atoms with E-state index in [9.17, 15) is 14.7 Å². The van der Waals surface area contributed by atoms with Crippen molar-refractivity contribution >= 4 is 11.6 Å². The first-order chi connectivity index (χ1) is 12.3. The largest absolute Gasteiger partial charge is 0.490 e. The molecule has 0 fully saturated rings. The summed E-state index contributed by atoms with van der Waals surface area (Å²) < 4.78 is 11.5. The molecule has 136 valence electrons. The summed E-state index contributed by atoms with van der Waals surface area (Å²) in [5.74, 6) is 0.131. The summed E-state index contributed by atoms with van der Waals surface area (Å²) in [6.07, 6.45) is -0.312. The number of hydrogen-bond donors (Lipinski definition) is 1. The lowest BCUT2D eigenvalue weighted by atomic mass is 9.82. The predicted molar refractivity (Wildman–Crippen MR) is 97.2 cm³/mol. The van der Waals surface area contributed by atoms with E-state index < -0.39 is 0 Å². The molecule has 1 N–H and O–H groups in total. The van der Waals surface area contributed by atoms with Crippen molar-refractivity contribution < 1.29 is 24.2 Å². The molecule has 5 nitrogen and oxygen atoms in total. The van der Waals surface area contributed by atoms with Crippen LogP contribution in [0.5, 0.6) is 11.5 Å². The van der Waals surface area contributed by atoms with Crippen LogP contribution in [-0.4, -0.2) is 28.9 Å². The van der Waals surface area contributed by atoms with Gasteiger partial charge < -0.3 is 14.6 Å². The summed E-state index contributed by atoms with van der Waals surface area (Å²) >= 11 is 0. The molecule has 0 saturated carbocycles. The Morgan fingerprint density at radius 3 is 2.08 bits per heavy atom. The molecule has 0 bridgehead atoms. The topological polar surface area (TPSA) is 72.8 Å². The van der Waals surface area contributed by atoms with Crippen LogP contribution in [0.1, 0.15) is 65.1 Å². The highest BCUT2D eigenvalue weighted by atomic mass is 16.5. The lowest BCUT2D eigenvalue weighted by Crippen LogP contribution is -2.24. The average molecular weight is 354 g/mol. The molecule has 0 aromatic heterocycles. The highest BCUT2D eigenvalue weighted by molar-refractivity contribution is 6.30. The monoisotopic (exact) mass is 354 g/mol. The van der Waals surface area contributed by atoms with E-state index in [2.05, 4.69) is 0 Å². The highest BCUT2D eigenvalue weighted by Crippen LogP contribution is 2.38. The zero-order valence-electron chi connectivity index (χ0n) is 15.3. The van der Waals surface area contributed by atoms with Crippen molar-refractivity contribution in [3.8, 4) is 11.5 Å². The zero-order chi connectivity index (χ0) is 19.0. The molecule has 2 aromatic carbocycles. The quantitative estimate of drug-likeness (QED) is 0.759. The zero-order valence-corrected chi connectivity index (χ0v) is 15.3. The molecular formula is C21H22O5. The minimum Gasteiger partial charge on any atom is -0.490 e. The molecule has 0 spiro atoms. The van der Waals surface area contributed by atoms with E-state index in [1.54, 1.807) is 30.3 Å². The number of carbonyl (C=O) groups excluding carboxylic acids is 2. The summed E-state index contributed by atoms with van der Waals surface area (Å²) in [6, 6.07) is 8.19. The van der Waals surface area contributed by atoms with Crippen LogP contribution in [0.15, 0.2) is 30.3 Å². The summed E-state index contributed by atoms with van der Waals surface area (Å²) in [6.45, 7) is 7.17. The van der Waals surface area contributed by atoms with Gasteiger partial charge in [-0.3, -0.25) is 9.59 Å². The van der Waals surface area contributed by atoms with Crippen molar-refractivity contribution in [1.82, 2.24) is 0 Å². The second kappa shape index (κ2) is 6.92. The molecule has 1 aliphatic carbocycles. The number of ketones is 2. The smallest absolute Gasteiger partial charge is 0.201 e. The van der Waals surface area contributed by atoms with Gasteiger partial charge >= 0.3 is 0 Å². The first kappa shape index (κ1) is 18.1. The fraction of sp³-hybridized carbons (Fsp3) is 0.333. The van der Waals surface area contributed by atoms with E-state index in [-0.39, 0.29) is 47.1 Å². The van der Waals surface area contributed by atoms with Gasteiger partial charge in [0.25, 0.3) is 0 Å². The maximum absolute atomic E-state index is 13.3. The second-order valence-corrected chi connectivity index (χ2v) is 6.84. The second-order valence-electron chi connectivity index (χ2n) is 6.84. The molecule has 0 atom stereocenters. The number of rotatable bonds is 5. The fourth-order valence-corrected chi connectivity index (χ4v) is 3.10. The Morgan fingerprint density at radius 2 is 1.46 bits per heavy atom. The molecule has 0 heterocycles. The molecule has 0 amide bonds. The van der Waals surface area contributed by atoms with Crippen LogP contribution in [0.2, 0.25) is 0 Å². The molecule has 5 heteroatoms. The van der Waals surface area contributed by atoms with Crippen LogP contribution < -0.4 is 9.47 Å². The number of carbonyl (C=O) groups is 2. The highest BCUT2D eigenvalue weighted by Gasteiger charge is 2.35. The molecule has 0 radical (unpaired) electrons. The first-order valence-electron chi connectivity index (χ1n) is 8.67. The summed E-state index contributed by atoms with van der Waals surface area (Å²) in [5.41, 5.74) is 1.59. The van der Waals surface area contributed by atoms with Gasteiger partial charge in [-0.05, 0) is 51.5 Å². The Morgan fingerprint density at radius 1 is 0.846 bits per heavy atom. The van der Waals surface area contributed by atoms with E-state index in [1.165, 1.54) is 0 Å². The van der Waals surface area contributed by atoms with Gasteiger partial charge in [-0.1, -0.05) is 12.1 Å². The van der Waals surface area contributed by atoms with Crippen LogP contribution in [0.25, 0.3) is 0 Å². The molecular weight excluding hydrogens is 332 g/mol. The number of ether oxygens (including phenoxy) is 2. The van der Waals surface area contributed by atoms with Gasteiger partial charge in [-0.2, -0.15) is 0 Å². The molecule has 26 heavy (non-hydrogen) atoms. The van der Waals surface area contributed by atoms with Crippen LogP contribution in [0.4, 0.5) is 0 Å². The van der Waals surface area contributed by atoms with Gasteiger partial charge in [0, 0.05) is 11.1 Å². The van der Waals surface area contributed by atoms with Crippen LogP contribution >= 0.6 is 0 Å². The lowest BCUT2D eigenvalue weighted by Gasteiger charge is -2.24. The van der Waals surface area contributed by atoms with E-state index in [0.717, 1.165) is 0 Å². The lowest BCUT2D eigenvalue weighted by molar-refractivity contribution is 0.0968. The minimum atomic E-state index is -0.300. The molecule has 3 rings (SSSR count). The van der Waals surface area contributed by atoms with Crippen molar-refractivity contribution in [1.29, 1.82) is 0 Å². The van der Waals surface area contributed by atoms with Crippen molar-refractivity contribution in [3.63, 3.8) is 0 Å². The van der Waals surface area contributed by atoms with Gasteiger partial charge in [-0.25, -0.2) is 0 Å². The fourth-order valence-electron chi connectivity index (χ4n) is 3.10. The van der Waals surface area contributed by atoms with E-state index in [0.29, 0.717) is 22.6 Å². The summed E-state index contributed by atoms with van der Waals surface area (Å²) in [5, 5.41) is 9.52. The maximum Gasteiger partial charge on any atom is 0.201 e. The standard InChI is InChI=1S/C21H22O5/c1-11(2)25-16-7-5-6-14-18(16)21(24)19-15(20(14)23)8-13(10-22)9-17(19)26-12(3)4/h5-9,11-12,22H,10H2,1-4H3. The third-order valence-electron chi connectivity index (χ3n) is 4.04. The molecule has 1 aliphatic rings.